The zero-order valence-corrected chi connectivity index (χ0v) is 31.3. The molecule has 13 heteroatoms. The van der Waals surface area contributed by atoms with Crippen LogP contribution in [0.2, 0.25) is 18.1 Å². The molecule has 4 atom stereocenters. The third-order valence-electron chi connectivity index (χ3n) is 10.1. The SMILES string of the molecule is Cc1ncsc1-c1ccc([C@H](CN2CCOCC2)NC(=O)[C@@H]2C[C@@H](O[Si](C)(C)C(C)(C)C)CN2C(=O)C(c2cc(=O)[nH]o2)C(C)C)cc1. The number of carbonyl (C=O) groups is 2. The van der Waals surface area contributed by atoms with Crippen molar-refractivity contribution < 1.29 is 23.3 Å². The van der Waals surface area contributed by atoms with E-state index in [0.717, 1.165) is 34.8 Å². The number of aryl methyl sites for hydroxylation is 1. The van der Waals surface area contributed by atoms with Gasteiger partial charge in [0.15, 0.2) is 14.1 Å². The van der Waals surface area contributed by atoms with Crippen molar-refractivity contribution in [3.05, 3.63) is 63.2 Å². The molecular formula is C35H51N5O6SSi. The largest absolute Gasteiger partial charge is 0.412 e. The van der Waals surface area contributed by atoms with Crippen LogP contribution in [0.1, 0.15) is 70.0 Å². The number of ether oxygens (including phenoxy) is 1. The Morgan fingerprint density at radius 3 is 2.42 bits per heavy atom. The maximum atomic E-state index is 14.4. The first kappa shape index (κ1) is 36.2. The maximum Gasteiger partial charge on any atom is 0.280 e. The van der Waals surface area contributed by atoms with Crippen molar-refractivity contribution in [2.24, 2.45) is 5.92 Å². The summed E-state index contributed by atoms with van der Waals surface area (Å²) in [5.74, 6) is -1.09. The minimum atomic E-state index is -2.21. The number of thiazole rings is 1. The Morgan fingerprint density at radius 2 is 1.85 bits per heavy atom. The molecule has 4 heterocycles. The van der Waals surface area contributed by atoms with Gasteiger partial charge < -0.3 is 23.9 Å². The Hall–Kier alpha value is -3.10. The average molecular weight is 698 g/mol. The van der Waals surface area contributed by atoms with Crippen LogP contribution in [0.15, 0.2) is 45.2 Å². The van der Waals surface area contributed by atoms with Crippen molar-refractivity contribution in [2.75, 3.05) is 39.4 Å². The Labute approximate surface area is 288 Å². The fraction of sp³-hybridized carbons (Fsp3) is 0.600. The van der Waals surface area contributed by atoms with Crippen molar-refractivity contribution >= 4 is 31.5 Å². The summed E-state index contributed by atoms with van der Waals surface area (Å²) >= 11 is 1.61. The molecule has 2 aliphatic rings. The van der Waals surface area contributed by atoms with Crippen molar-refractivity contribution in [2.45, 2.75) is 90.2 Å². The van der Waals surface area contributed by atoms with Crippen molar-refractivity contribution in [1.82, 2.24) is 25.3 Å². The zero-order valence-electron chi connectivity index (χ0n) is 29.5. The first-order valence-corrected chi connectivity index (χ1v) is 20.7. The number of carbonyl (C=O) groups excluding carboxylic acids is 2. The lowest BCUT2D eigenvalue weighted by molar-refractivity contribution is -0.141. The van der Waals surface area contributed by atoms with Crippen LogP contribution < -0.4 is 10.9 Å². The van der Waals surface area contributed by atoms with E-state index in [1.54, 1.807) is 16.2 Å². The van der Waals surface area contributed by atoms with Crippen LogP contribution in [0, 0.1) is 12.8 Å². The lowest BCUT2D eigenvalue weighted by Crippen LogP contribution is -2.50. The van der Waals surface area contributed by atoms with Crippen LogP contribution in [-0.2, 0) is 18.8 Å². The topological polar surface area (TPSA) is 130 Å². The Kier molecular flexibility index (Phi) is 11.2. The number of rotatable bonds is 11. The fourth-order valence-electron chi connectivity index (χ4n) is 6.32. The normalized spacial score (nSPS) is 20.6. The van der Waals surface area contributed by atoms with Crippen LogP contribution >= 0.6 is 11.3 Å². The molecule has 262 valence electrons. The van der Waals surface area contributed by atoms with Crippen LogP contribution in [0.25, 0.3) is 10.4 Å². The highest BCUT2D eigenvalue weighted by Gasteiger charge is 2.47. The van der Waals surface area contributed by atoms with Gasteiger partial charge in [0.1, 0.15) is 12.0 Å². The molecule has 0 saturated carbocycles. The quantitative estimate of drug-likeness (QED) is 0.258. The van der Waals surface area contributed by atoms with Gasteiger partial charge in [-0.15, -0.1) is 11.3 Å². The second-order valence-electron chi connectivity index (χ2n) is 14.9. The van der Waals surface area contributed by atoms with E-state index >= 15 is 0 Å². The van der Waals surface area contributed by atoms with Crippen LogP contribution in [0.4, 0.5) is 0 Å². The van der Waals surface area contributed by atoms with Gasteiger partial charge in [-0.2, -0.15) is 5.16 Å². The highest BCUT2D eigenvalue weighted by molar-refractivity contribution is 7.13. The van der Waals surface area contributed by atoms with E-state index in [-0.39, 0.29) is 40.7 Å². The molecule has 1 unspecified atom stereocenters. The van der Waals surface area contributed by atoms with Gasteiger partial charge in [-0.1, -0.05) is 58.9 Å². The number of nitrogens with zero attached hydrogens (tertiary/aromatic N) is 3. The second kappa shape index (κ2) is 14.8. The number of morpholine rings is 1. The average Bonchev–Trinajstić information content (AvgIpc) is 3.76. The molecule has 2 fully saturated rings. The van der Waals surface area contributed by atoms with Gasteiger partial charge in [0, 0.05) is 38.7 Å². The monoisotopic (exact) mass is 697 g/mol. The van der Waals surface area contributed by atoms with E-state index in [1.807, 2.05) is 26.3 Å². The van der Waals surface area contributed by atoms with Gasteiger partial charge >= 0.3 is 0 Å². The molecule has 2 saturated heterocycles. The number of nitrogens with one attached hydrogen (secondary N) is 2. The summed E-state index contributed by atoms with van der Waals surface area (Å²) in [7, 11) is -2.21. The lowest BCUT2D eigenvalue weighted by Gasteiger charge is -2.38. The number of likely N-dealkylation sites (tertiary alicyclic amines) is 1. The van der Waals surface area contributed by atoms with Gasteiger partial charge in [-0.3, -0.25) is 19.3 Å². The predicted molar refractivity (Wildman–Crippen MR) is 190 cm³/mol. The van der Waals surface area contributed by atoms with E-state index in [2.05, 4.69) is 78.5 Å². The van der Waals surface area contributed by atoms with Crippen molar-refractivity contribution in [3.63, 3.8) is 0 Å². The van der Waals surface area contributed by atoms with E-state index < -0.39 is 25.8 Å². The molecule has 2 amide bonds. The summed E-state index contributed by atoms with van der Waals surface area (Å²) in [4.78, 5) is 50.3. The number of hydrogen-bond donors (Lipinski definition) is 2. The summed E-state index contributed by atoms with van der Waals surface area (Å²) in [6, 6.07) is 8.58. The van der Waals surface area contributed by atoms with Gasteiger partial charge in [-0.05, 0) is 42.1 Å². The minimum Gasteiger partial charge on any atom is -0.412 e. The van der Waals surface area contributed by atoms with Crippen molar-refractivity contribution in [3.8, 4) is 10.4 Å². The number of H-pyrrole nitrogens is 1. The Morgan fingerprint density at radius 1 is 1.17 bits per heavy atom. The number of amides is 2. The maximum absolute atomic E-state index is 14.4. The highest BCUT2D eigenvalue weighted by Crippen LogP contribution is 2.40. The molecule has 5 rings (SSSR count). The lowest BCUT2D eigenvalue weighted by atomic mass is 9.91. The fourth-order valence-corrected chi connectivity index (χ4v) is 8.49. The summed E-state index contributed by atoms with van der Waals surface area (Å²) in [6.45, 7) is 20.5. The molecule has 0 spiro atoms. The van der Waals surface area contributed by atoms with Gasteiger partial charge in [0.25, 0.3) is 5.56 Å². The first-order valence-electron chi connectivity index (χ1n) is 16.9. The van der Waals surface area contributed by atoms with E-state index in [4.69, 9.17) is 13.7 Å². The third-order valence-corrected chi connectivity index (χ3v) is 15.6. The molecule has 0 radical (unpaired) electrons. The third kappa shape index (κ3) is 8.19. The zero-order chi connectivity index (χ0) is 34.8. The smallest absolute Gasteiger partial charge is 0.280 e. The first-order chi connectivity index (χ1) is 22.6. The van der Waals surface area contributed by atoms with Gasteiger partial charge in [0.05, 0.1) is 41.4 Å². The van der Waals surface area contributed by atoms with Crippen LogP contribution in [-0.4, -0.2) is 91.6 Å². The summed E-state index contributed by atoms with van der Waals surface area (Å²) < 4.78 is 17.8. The van der Waals surface area contributed by atoms with Gasteiger partial charge in [0.2, 0.25) is 11.8 Å². The molecule has 2 N–H and O–H groups in total. The van der Waals surface area contributed by atoms with E-state index in [1.165, 1.54) is 6.07 Å². The Balaban J connectivity index is 1.44. The van der Waals surface area contributed by atoms with Crippen LogP contribution in [0.3, 0.4) is 0 Å². The van der Waals surface area contributed by atoms with Crippen LogP contribution in [0.5, 0.6) is 0 Å². The minimum absolute atomic E-state index is 0.0374. The standard InChI is InChI=1S/C35H51N5O6SSi/c1-22(2)31(29-18-30(41)38-45-29)34(43)40-19-26(46-48(7,8)35(4,5)6)17-28(40)33(42)37-27(20-39-13-15-44-16-14-39)24-9-11-25(12-10-24)32-23(3)36-21-47-32/h9-12,18,21-22,26-28,31H,13-17,19-20H2,1-8H3,(H,37,42)(H,38,41)/t26-,27+,28+,31?/m1/s1. The number of hydrogen-bond acceptors (Lipinski definition) is 9. The number of aromatic amines is 1. The van der Waals surface area contributed by atoms with E-state index in [9.17, 15) is 14.4 Å². The molecule has 48 heavy (non-hydrogen) atoms. The second-order valence-corrected chi connectivity index (χ2v) is 20.6. The Bertz CT molecular complexity index is 1600. The van der Waals surface area contributed by atoms with Gasteiger partial charge in [-0.25, -0.2) is 4.98 Å². The number of aromatic nitrogens is 2. The summed E-state index contributed by atoms with van der Waals surface area (Å²) in [5.41, 5.74) is 4.51. The molecule has 2 aromatic heterocycles. The molecule has 2 aliphatic heterocycles. The summed E-state index contributed by atoms with van der Waals surface area (Å²) in [5, 5.41) is 5.64. The molecule has 1 aromatic carbocycles. The summed E-state index contributed by atoms with van der Waals surface area (Å²) in [6.07, 6.45) is 0.0936. The van der Waals surface area contributed by atoms with E-state index in [0.29, 0.717) is 32.7 Å². The molecule has 0 aliphatic carbocycles. The predicted octanol–water partition coefficient (Wildman–Crippen LogP) is 5.32. The van der Waals surface area contributed by atoms with Crippen molar-refractivity contribution in [1.29, 1.82) is 0 Å². The molecule has 3 aromatic rings. The molecular weight excluding hydrogens is 647 g/mol. The number of benzene rings is 1. The molecule has 0 bridgehead atoms. The highest BCUT2D eigenvalue weighted by atomic mass is 32.1. The molecule has 11 nitrogen and oxygen atoms in total.